The number of hydrogen-bond acceptors (Lipinski definition) is 3. The molecule has 7 heteroatoms. The summed E-state index contributed by atoms with van der Waals surface area (Å²) < 4.78 is 0. The maximum atomic E-state index is 12.0. The van der Waals surface area contributed by atoms with E-state index in [0.29, 0.717) is 5.69 Å². The topological polar surface area (TPSA) is 88.0 Å². The number of alkyl halides is 1. The van der Waals surface area contributed by atoms with Crippen molar-refractivity contribution in [2.45, 2.75) is 5.92 Å². The van der Waals surface area contributed by atoms with E-state index in [4.69, 9.17) is 11.6 Å². The highest BCUT2D eigenvalue weighted by molar-refractivity contribution is 6.29. The third kappa shape index (κ3) is 4.29. The van der Waals surface area contributed by atoms with Crippen LogP contribution in [0.15, 0.2) is 78.9 Å². The molecular formula is C24H20ClN3O3. The molecule has 0 aliphatic heterocycles. The van der Waals surface area contributed by atoms with Gasteiger partial charge in [0.2, 0.25) is 12.5 Å². The van der Waals surface area contributed by atoms with E-state index < -0.39 is 5.92 Å². The van der Waals surface area contributed by atoms with Crippen molar-refractivity contribution in [3.8, 4) is 11.3 Å². The number of H-pyrrole nitrogens is 1. The Balaban J connectivity index is 1.98. The molecule has 2 N–H and O–H groups in total. The van der Waals surface area contributed by atoms with Crippen LogP contribution in [0, 0.1) is 10.1 Å². The molecule has 0 fully saturated rings. The van der Waals surface area contributed by atoms with Crippen molar-refractivity contribution < 1.29 is 9.72 Å². The number of benzene rings is 3. The first-order valence-electron chi connectivity index (χ1n) is 9.81. The van der Waals surface area contributed by atoms with Crippen LogP contribution >= 0.6 is 11.6 Å². The fraction of sp³-hybridized carbons (Fsp3) is 0.125. The Hall–Kier alpha value is -3.64. The first kappa shape index (κ1) is 20.6. The fourth-order valence-corrected chi connectivity index (χ4v) is 4.00. The minimum Gasteiger partial charge on any atom is -0.354 e. The SMILES string of the molecule is O=C(CCl)Nc1ccccc1-c1[nH]c2ccccc2c1C(C[N+](=O)[O-])c1ccccc1. The fourth-order valence-electron chi connectivity index (χ4n) is 3.93. The van der Waals surface area contributed by atoms with Gasteiger partial charge in [-0.15, -0.1) is 11.6 Å². The van der Waals surface area contributed by atoms with Crippen LogP contribution in [-0.4, -0.2) is 28.2 Å². The largest absolute Gasteiger partial charge is 0.354 e. The molecule has 1 unspecified atom stereocenters. The van der Waals surface area contributed by atoms with Crippen molar-refractivity contribution in [2.24, 2.45) is 0 Å². The molecule has 4 aromatic rings. The van der Waals surface area contributed by atoms with Gasteiger partial charge in [-0.2, -0.15) is 0 Å². The molecule has 156 valence electrons. The lowest BCUT2D eigenvalue weighted by Crippen LogP contribution is -2.15. The molecule has 0 saturated carbocycles. The summed E-state index contributed by atoms with van der Waals surface area (Å²) in [5, 5.41) is 15.4. The van der Waals surface area contributed by atoms with E-state index in [9.17, 15) is 14.9 Å². The van der Waals surface area contributed by atoms with Crippen molar-refractivity contribution in [2.75, 3.05) is 17.7 Å². The van der Waals surface area contributed by atoms with E-state index in [1.165, 1.54) is 0 Å². The van der Waals surface area contributed by atoms with E-state index in [1.807, 2.05) is 72.8 Å². The van der Waals surface area contributed by atoms with E-state index in [2.05, 4.69) is 10.3 Å². The highest BCUT2D eigenvalue weighted by Crippen LogP contribution is 2.41. The van der Waals surface area contributed by atoms with E-state index in [-0.39, 0.29) is 23.3 Å². The quantitative estimate of drug-likeness (QED) is 0.231. The van der Waals surface area contributed by atoms with Crippen LogP contribution in [0.5, 0.6) is 0 Å². The van der Waals surface area contributed by atoms with Gasteiger partial charge in [-0.3, -0.25) is 14.9 Å². The molecule has 1 atom stereocenters. The van der Waals surface area contributed by atoms with Gasteiger partial charge in [0.15, 0.2) is 0 Å². The van der Waals surface area contributed by atoms with E-state index in [0.717, 1.165) is 33.3 Å². The Kier molecular flexibility index (Phi) is 6.00. The molecule has 1 heterocycles. The van der Waals surface area contributed by atoms with Crippen molar-refractivity contribution in [3.63, 3.8) is 0 Å². The molecule has 0 bridgehead atoms. The Morgan fingerprint density at radius 2 is 1.68 bits per heavy atom. The van der Waals surface area contributed by atoms with Crippen molar-refractivity contribution in [1.82, 2.24) is 4.98 Å². The zero-order valence-electron chi connectivity index (χ0n) is 16.5. The van der Waals surface area contributed by atoms with Gasteiger partial charge in [0.1, 0.15) is 5.88 Å². The van der Waals surface area contributed by atoms with Crippen molar-refractivity contribution in [3.05, 3.63) is 100 Å². The van der Waals surface area contributed by atoms with Gasteiger partial charge in [-0.1, -0.05) is 66.7 Å². The Morgan fingerprint density at radius 3 is 2.42 bits per heavy atom. The molecule has 0 radical (unpaired) electrons. The molecule has 0 saturated heterocycles. The van der Waals surface area contributed by atoms with Gasteiger partial charge in [-0.05, 0) is 23.3 Å². The molecule has 6 nitrogen and oxygen atoms in total. The predicted octanol–water partition coefficient (Wildman–Crippen LogP) is 5.42. The first-order valence-corrected chi connectivity index (χ1v) is 10.3. The summed E-state index contributed by atoms with van der Waals surface area (Å²) in [5.74, 6) is -0.960. The second kappa shape index (κ2) is 9.02. The summed E-state index contributed by atoms with van der Waals surface area (Å²) in [6.07, 6.45) is 0. The lowest BCUT2D eigenvalue weighted by molar-refractivity contribution is -0.481. The normalized spacial score (nSPS) is 11.9. The average molecular weight is 434 g/mol. The summed E-state index contributed by atoms with van der Waals surface area (Å²) >= 11 is 5.69. The first-order chi connectivity index (χ1) is 15.1. The van der Waals surface area contributed by atoms with Crippen LogP contribution in [0.1, 0.15) is 17.0 Å². The third-order valence-electron chi connectivity index (χ3n) is 5.22. The highest BCUT2D eigenvalue weighted by Gasteiger charge is 2.28. The van der Waals surface area contributed by atoms with Gasteiger partial charge in [0.25, 0.3) is 0 Å². The number of carbonyl (C=O) groups is 1. The molecule has 1 aromatic heterocycles. The zero-order valence-corrected chi connectivity index (χ0v) is 17.3. The average Bonchev–Trinajstić information content (AvgIpc) is 3.17. The number of nitrogens with one attached hydrogen (secondary N) is 2. The summed E-state index contributed by atoms with van der Waals surface area (Å²) in [5.41, 5.74) is 4.63. The molecule has 0 aliphatic rings. The maximum Gasteiger partial charge on any atom is 0.239 e. The summed E-state index contributed by atoms with van der Waals surface area (Å²) in [7, 11) is 0. The van der Waals surface area contributed by atoms with Crippen molar-refractivity contribution in [1.29, 1.82) is 0 Å². The van der Waals surface area contributed by atoms with Gasteiger partial charge in [0.05, 0.1) is 17.3 Å². The van der Waals surface area contributed by atoms with Crippen LogP contribution in [0.4, 0.5) is 5.69 Å². The predicted molar refractivity (Wildman–Crippen MR) is 123 cm³/mol. The minimum atomic E-state index is -0.473. The number of hydrogen-bond donors (Lipinski definition) is 2. The molecular weight excluding hydrogens is 414 g/mol. The summed E-state index contributed by atoms with van der Waals surface area (Å²) in [4.78, 5) is 26.8. The number of aromatic nitrogens is 1. The molecule has 0 aliphatic carbocycles. The van der Waals surface area contributed by atoms with Crippen LogP contribution in [0.2, 0.25) is 0 Å². The number of amides is 1. The number of para-hydroxylation sites is 2. The van der Waals surface area contributed by atoms with Gasteiger partial charge >= 0.3 is 0 Å². The maximum absolute atomic E-state index is 12.0. The smallest absolute Gasteiger partial charge is 0.239 e. The minimum absolute atomic E-state index is 0.165. The second-order valence-corrected chi connectivity index (χ2v) is 7.43. The summed E-state index contributed by atoms with van der Waals surface area (Å²) in [6.45, 7) is -0.255. The number of anilines is 1. The molecule has 4 rings (SSSR count). The van der Waals surface area contributed by atoms with Crippen LogP contribution in [0.25, 0.3) is 22.2 Å². The summed E-state index contributed by atoms with van der Waals surface area (Å²) in [6, 6.07) is 24.5. The lowest BCUT2D eigenvalue weighted by Gasteiger charge is -2.17. The number of rotatable bonds is 7. The molecule has 0 spiro atoms. The molecule has 31 heavy (non-hydrogen) atoms. The van der Waals surface area contributed by atoms with Gasteiger partial charge in [-0.25, -0.2) is 0 Å². The number of nitro groups is 1. The molecule has 3 aromatic carbocycles. The Labute approximate surface area is 184 Å². The molecule has 1 amide bonds. The monoisotopic (exact) mass is 433 g/mol. The van der Waals surface area contributed by atoms with Crippen LogP contribution in [0.3, 0.4) is 0 Å². The Bertz CT molecular complexity index is 1240. The second-order valence-electron chi connectivity index (χ2n) is 7.17. The number of nitrogens with zero attached hydrogens (tertiary/aromatic N) is 1. The standard InChI is InChI=1S/C24H20ClN3O3/c25-14-22(29)26-21-13-7-5-11-18(21)24-23(17-10-4-6-12-20(17)27-24)19(15-28(30)31)16-8-2-1-3-9-16/h1-13,19,27H,14-15H2,(H,26,29). The lowest BCUT2D eigenvalue weighted by atomic mass is 9.87. The van der Waals surface area contributed by atoms with E-state index in [1.54, 1.807) is 6.07 Å². The van der Waals surface area contributed by atoms with Crippen LogP contribution in [-0.2, 0) is 4.79 Å². The van der Waals surface area contributed by atoms with Crippen molar-refractivity contribution >= 4 is 34.1 Å². The number of carbonyl (C=O) groups excluding carboxylic acids is 1. The van der Waals surface area contributed by atoms with Gasteiger partial charge < -0.3 is 10.3 Å². The number of fused-ring (bicyclic) bond motifs is 1. The number of halogens is 1. The zero-order chi connectivity index (χ0) is 21.8. The van der Waals surface area contributed by atoms with Crippen LogP contribution < -0.4 is 5.32 Å². The highest BCUT2D eigenvalue weighted by atomic mass is 35.5. The number of aromatic amines is 1. The Morgan fingerprint density at radius 1 is 1.00 bits per heavy atom. The van der Waals surface area contributed by atoms with E-state index >= 15 is 0 Å². The third-order valence-corrected chi connectivity index (χ3v) is 5.46. The van der Waals surface area contributed by atoms with Gasteiger partial charge in [0, 0.05) is 21.4 Å².